The van der Waals surface area contributed by atoms with Crippen molar-refractivity contribution in [3.8, 4) is 0 Å². The van der Waals surface area contributed by atoms with Crippen LogP contribution in [0.2, 0.25) is 0 Å². The molecule has 0 atom stereocenters. The second kappa shape index (κ2) is 7.75. The molecule has 0 saturated carbocycles. The van der Waals surface area contributed by atoms with Gasteiger partial charge in [-0.1, -0.05) is 30.3 Å². The van der Waals surface area contributed by atoms with Gasteiger partial charge >= 0.3 is 0 Å². The fourth-order valence-corrected chi connectivity index (χ4v) is 2.98. The number of hydrogen-bond acceptors (Lipinski definition) is 3. The van der Waals surface area contributed by atoms with E-state index in [-0.39, 0.29) is 5.91 Å². The standard InChI is InChI=1S/C18H28N2O2/c1-18(2,22)15-19-11-6-12-20(14-13-19)17(21)10-9-16-7-4-3-5-8-16/h3-5,7-8,22H,6,9-15H2,1-2H3. The molecule has 0 aromatic heterocycles. The number of carbonyl (C=O) groups is 1. The van der Waals surface area contributed by atoms with E-state index in [1.807, 2.05) is 36.9 Å². The predicted molar refractivity (Wildman–Crippen MR) is 88.7 cm³/mol. The number of carbonyl (C=O) groups excluding carboxylic acids is 1. The zero-order valence-corrected chi connectivity index (χ0v) is 13.8. The number of nitrogens with zero attached hydrogens (tertiary/aromatic N) is 2. The topological polar surface area (TPSA) is 43.8 Å². The summed E-state index contributed by atoms with van der Waals surface area (Å²) in [5.74, 6) is 0.244. The highest BCUT2D eigenvalue weighted by atomic mass is 16.3. The van der Waals surface area contributed by atoms with Gasteiger partial charge in [0.2, 0.25) is 5.91 Å². The van der Waals surface area contributed by atoms with Crippen molar-refractivity contribution in [1.82, 2.24) is 9.80 Å². The first kappa shape index (κ1) is 17.0. The van der Waals surface area contributed by atoms with Gasteiger partial charge in [-0.15, -0.1) is 0 Å². The summed E-state index contributed by atoms with van der Waals surface area (Å²) in [5.41, 5.74) is 0.543. The molecule has 0 unspecified atom stereocenters. The first-order valence-electron chi connectivity index (χ1n) is 8.20. The van der Waals surface area contributed by atoms with E-state index < -0.39 is 5.60 Å². The van der Waals surface area contributed by atoms with Crippen LogP contribution in [0.5, 0.6) is 0 Å². The van der Waals surface area contributed by atoms with Crippen LogP contribution in [0, 0.1) is 0 Å². The van der Waals surface area contributed by atoms with Crippen molar-refractivity contribution in [2.45, 2.75) is 38.7 Å². The van der Waals surface area contributed by atoms with Crippen LogP contribution in [0.15, 0.2) is 30.3 Å². The first-order valence-corrected chi connectivity index (χ1v) is 8.20. The summed E-state index contributed by atoms with van der Waals surface area (Å²) in [6, 6.07) is 10.2. The monoisotopic (exact) mass is 304 g/mol. The molecule has 1 N–H and O–H groups in total. The van der Waals surface area contributed by atoms with Crippen LogP contribution in [0.25, 0.3) is 0 Å². The van der Waals surface area contributed by atoms with E-state index in [1.165, 1.54) is 5.56 Å². The maximum Gasteiger partial charge on any atom is 0.222 e. The van der Waals surface area contributed by atoms with Gasteiger partial charge in [0.05, 0.1) is 5.60 Å². The Kier molecular flexibility index (Phi) is 5.98. The van der Waals surface area contributed by atoms with Gasteiger partial charge < -0.3 is 10.0 Å². The second-order valence-corrected chi connectivity index (χ2v) is 6.81. The smallest absolute Gasteiger partial charge is 0.222 e. The Morgan fingerprint density at radius 2 is 1.86 bits per heavy atom. The van der Waals surface area contributed by atoms with E-state index in [4.69, 9.17) is 0 Å². The fraction of sp³-hybridized carbons (Fsp3) is 0.611. The zero-order valence-electron chi connectivity index (χ0n) is 13.8. The Hall–Kier alpha value is -1.39. The summed E-state index contributed by atoms with van der Waals surface area (Å²) in [7, 11) is 0. The lowest BCUT2D eigenvalue weighted by molar-refractivity contribution is -0.131. The zero-order chi connectivity index (χ0) is 16.0. The molecule has 22 heavy (non-hydrogen) atoms. The molecule has 1 fully saturated rings. The predicted octanol–water partition coefficient (Wildman–Crippen LogP) is 1.92. The molecule has 0 bridgehead atoms. The summed E-state index contributed by atoms with van der Waals surface area (Å²) in [6.45, 7) is 7.73. The van der Waals surface area contributed by atoms with E-state index in [2.05, 4.69) is 17.0 Å². The Bertz CT molecular complexity index is 468. The largest absolute Gasteiger partial charge is 0.389 e. The van der Waals surface area contributed by atoms with Gasteiger partial charge in [-0.3, -0.25) is 9.69 Å². The third kappa shape index (κ3) is 5.78. The van der Waals surface area contributed by atoms with Gasteiger partial charge in [0, 0.05) is 39.1 Å². The molecule has 1 aromatic carbocycles. The van der Waals surface area contributed by atoms with Crippen LogP contribution >= 0.6 is 0 Å². The maximum absolute atomic E-state index is 12.4. The third-order valence-electron chi connectivity index (χ3n) is 4.02. The summed E-state index contributed by atoms with van der Waals surface area (Å²) in [5, 5.41) is 9.92. The van der Waals surface area contributed by atoms with Crippen molar-refractivity contribution in [2.75, 3.05) is 32.7 Å². The Morgan fingerprint density at radius 1 is 1.14 bits per heavy atom. The van der Waals surface area contributed by atoms with E-state index in [1.54, 1.807) is 0 Å². The number of rotatable bonds is 5. The number of hydrogen-bond donors (Lipinski definition) is 1. The lowest BCUT2D eigenvalue weighted by Gasteiger charge is -2.27. The van der Waals surface area contributed by atoms with Crippen molar-refractivity contribution in [3.05, 3.63) is 35.9 Å². The van der Waals surface area contributed by atoms with Crippen LogP contribution in [0.1, 0.15) is 32.3 Å². The molecule has 1 aliphatic rings. The third-order valence-corrected chi connectivity index (χ3v) is 4.02. The lowest BCUT2D eigenvalue weighted by atomic mass is 10.1. The van der Waals surface area contributed by atoms with Crippen molar-refractivity contribution in [2.24, 2.45) is 0 Å². The molecular weight excluding hydrogens is 276 g/mol. The molecule has 1 aliphatic heterocycles. The van der Waals surface area contributed by atoms with Gasteiger partial charge in [-0.05, 0) is 32.3 Å². The molecule has 2 rings (SSSR count). The van der Waals surface area contributed by atoms with E-state index in [0.29, 0.717) is 13.0 Å². The highest BCUT2D eigenvalue weighted by Crippen LogP contribution is 2.11. The normalized spacial score (nSPS) is 17.3. The average molecular weight is 304 g/mol. The Balaban J connectivity index is 1.79. The molecule has 1 heterocycles. The highest BCUT2D eigenvalue weighted by Gasteiger charge is 2.22. The Labute approximate surface area is 133 Å². The molecule has 0 radical (unpaired) electrons. The quantitative estimate of drug-likeness (QED) is 0.904. The molecule has 4 heteroatoms. The minimum Gasteiger partial charge on any atom is -0.389 e. The van der Waals surface area contributed by atoms with Gasteiger partial charge in [-0.25, -0.2) is 0 Å². The van der Waals surface area contributed by atoms with Crippen LogP contribution in [0.3, 0.4) is 0 Å². The average Bonchev–Trinajstić information content (AvgIpc) is 2.70. The number of aliphatic hydroxyl groups is 1. The Morgan fingerprint density at radius 3 is 2.55 bits per heavy atom. The molecule has 4 nitrogen and oxygen atoms in total. The molecule has 1 amide bonds. The lowest BCUT2D eigenvalue weighted by Crippen LogP contribution is -2.41. The van der Waals surface area contributed by atoms with E-state index >= 15 is 0 Å². The number of β-amino-alcohol motifs (C(OH)–C–C–N with tert-alkyl or cyclic N) is 1. The van der Waals surface area contributed by atoms with Crippen LogP contribution in [0.4, 0.5) is 0 Å². The molecular formula is C18H28N2O2. The molecule has 1 aromatic rings. The van der Waals surface area contributed by atoms with Crippen molar-refractivity contribution in [1.29, 1.82) is 0 Å². The minimum absolute atomic E-state index is 0.244. The maximum atomic E-state index is 12.4. The highest BCUT2D eigenvalue weighted by molar-refractivity contribution is 5.76. The van der Waals surface area contributed by atoms with Crippen LogP contribution in [-0.4, -0.2) is 59.1 Å². The summed E-state index contributed by atoms with van der Waals surface area (Å²) < 4.78 is 0. The summed E-state index contributed by atoms with van der Waals surface area (Å²) in [6.07, 6.45) is 2.37. The molecule has 1 saturated heterocycles. The van der Waals surface area contributed by atoms with Crippen LogP contribution in [-0.2, 0) is 11.2 Å². The minimum atomic E-state index is -0.674. The number of aryl methyl sites for hydroxylation is 1. The molecule has 122 valence electrons. The van der Waals surface area contributed by atoms with Crippen molar-refractivity contribution in [3.63, 3.8) is 0 Å². The fourth-order valence-electron chi connectivity index (χ4n) is 2.98. The van der Waals surface area contributed by atoms with E-state index in [0.717, 1.165) is 39.0 Å². The first-order chi connectivity index (χ1) is 10.4. The van der Waals surface area contributed by atoms with Crippen molar-refractivity contribution < 1.29 is 9.90 Å². The number of amides is 1. The SMILES string of the molecule is CC(C)(O)CN1CCCN(C(=O)CCc2ccccc2)CC1. The summed E-state index contributed by atoms with van der Waals surface area (Å²) in [4.78, 5) is 16.6. The van der Waals surface area contributed by atoms with Gasteiger partial charge in [-0.2, -0.15) is 0 Å². The van der Waals surface area contributed by atoms with Crippen LogP contribution < -0.4 is 0 Å². The molecule has 0 spiro atoms. The van der Waals surface area contributed by atoms with Gasteiger partial charge in [0.15, 0.2) is 0 Å². The number of benzene rings is 1. The molecule has 0 aliphatic carbocycles. The second-order valence-electron chi connectivity index (χ2n) is 6.81. The summed E-state index contributed by atoms with van der Waals surface area (Å²) >= 11 is 0. The van der Waals surface area contributed by atoms with Gasteiger partial charge in [0.1, 0.15) is 0 Å². The van der Waals surface area contributed by atoms with Gasteiger partial charge in [0.25, 0.3) is 0 Å². The van der Waals surface area contributed by atoms with E-state index in [9.17, 15) is 9.90 Å². The van der Waals surface area contributed by atoms with Crippen molar-refractivity contribution >= 4 is 5.91 Å².